The first kappa shape index (κ1) is 26.2. The van der Waals surface area contributed by atoms with E-state index in [1.807, 2.05) is 47.1 Å². The minimum absolute atomic E-state index is 0.00525. The van der Waals surface area contributed by atoms with Crippen LogP contribution in [0.25, 0.3) is 12.2 Å². The minimum Gasteiger partial charge on any atom is -0.493 e. The number of hydrogen-bond acceptors (Lipinski definition) is 7. The van der Waals surface area contributed by atoms with Gasteiger partial charge in [-0.3, -0.25) is 9.59 Å². The lowest BCUT2D eigenvalue weighted by atomic mass is 9.78. The van der Waals surface area contributed by atoms with Gasteiger partial charge in [-0.05, 0) is 49.8 Å². The lowest BCUT2D eigenvalue weighted by Gasteiger charge is -2.38. The molecule has 0 saturated carbocycles. The largest absolute Gasteiger partial charge is 0.493 e. The molecule has 1 aromatic heterocycles. The second-order valence-electron chi connectivity index (χ2n) is 9.29. The molecule has 2 amide bonds. The first-order valence-electron chi connectivity index (χ1n) is 12.6. The fourth-order valence-corrected chi connectivity index (χ4v) is 4.91. The fraction of sp³-hybridized carbons (Fsp3) is 0.429. The first-order chi connectivity index (χ1) is 18.0. The summed E-state index contributed by atoms with van der Waals surface area (Å²) in [5.41, 5.74) is 1.56. The van der Waals surface area contributed by atoms with Crippen molar-refractivity contribution in [2.24, 2.45) is 5.41 Å². The zero-order valence-electron chi connectivity index (χ0n) is 21.7. The van der Waals surface area contributed by atoms with Gasteiger partial charge in [-0.1, -0.05) is 18.2 Å². The summed E-state index contributed by atoms with van der Waals surface area (Å²) < 4.78 is 15.9. The number of methoxy groups -OCH3 is 2. The van der Waals surface area contributed by atoms with Crippen LogP contribution in [0.4, 0.5) is 0 Å². The molecule has 0 aliphatic carbocycles. The molecule has 1 spiro atoms. The van der Waals surface area contributed by atoms with E-state index in [0.717, 1.165) is 30.6 Å². The van der Waals surface area contributed by atoms with Crippen molar-refractivity contribution in [2.45, 2.75) is 26.2 Å². The Morgan fingerprint density at radius 3 is 2.27 bits per heavy atom. The van der Waals surface area contributed by atoms with E-state index in [9.17, 15) is 9.59 Å². The van der Waals surface area contributed by atoms with E-state index < -0.39 is 0 Å². The van der Waals surface area contributed by atoms with Crippen LogP contribution < -0.4 is 14.2 Å². The Balaban J connectivity index is 1.31. The molecule has 9 nitrogen and oxygen atoms in total. The average Bonchev–Trinajstić information content (AvgIpc) is 3.35. The van der Waals surface area contributed by atoms with Gasteiger partial charge in [0.05, 0.1) is 26.4 Å². The van der Waals surface area contributed by atoms with Crippen LogP contribution in [0.2, 0.25) is 0 Å². The van der Waals surface area contributed by atoms with Crippen molar-refractivity contribution in [3.05, 3.63) is 53.7 Å². The van der Waals surface area contributed by atoms with Gasteiger partial charge in [-0.25, -0.2) is 4.98 Å². The summed E-state index contributed by atoms with van der Waals surface area (Å²) in [7, 11) is 3.00. The van der Waals surface area contributed by atoms with Crippen LogP contribution in [0.3, 0.4) is 0 Å². The molecule has 2 saturated heterocycles. The van der Waals surface area contributed by atoms with Gasteiger partial charge < -0.3 is 24.0 Å². The van der Waals surface area contributed by atoms with Gasteiger partial charge in [0.2, 0.25) is 17.7 Å². The highest BCUT2D eigenvalue weighted by Gasteiger charge is 2.42. The summed E-state index contributed by atoms with van der Waals surface area (Å²) in [6, 6.07) is 7.90. The summed E-state index contributed by atoms with van der Waals surface area (Å²) in [5, 5.41) is 0. The summed E-state index contributed by atoms with van der Waals surface area (Å²) in [6.07, 6.45) is 10.9. The molecule has 3 heterocycles. The summed E-state index contributed by atoms with van der Waals surface area (Å²) in [4.78, 5) is 37.7. The van der Waals surface area contributed by atoms with E-state index in [2.05, 4.69) is 9.97 Å². The van der Waals surface area contributed by atoms with E-state index >= 15 is 0 Å². The van der Waals surface area contributed by atoms with Crippen molar-refractivity contribution >= 4 is 24.0 Å². The maximum atomic E-state index is 12.9. The molecule has 9 heteroatoms. The molecule has 196 valence electrons. The van der Waals surface area contributed by atoms with E-state index in [1.165, 1.54) is 20.3 Å². The van der Waals surface area contributed by atoms with Gasteiger partial charge >= 0.3 is 6.01 Å². The highest BCUT2D eigenvalue weighted by Crippen LogP contribution is 2.40. The van der Waals surface area contributed by atoms with E-state index in [0.29, 0.717) is 44.2 Å². The van der Waals surface area contributed by atoms with Gasteiger partial charge in [-0.2, -0.15) is 4.98 Å². The van der Waals surface area contributed by atoms with Crippen molar-refractivity contribution in [1.82, 2.24) is 19.8 Å². The summed E-state index contributed by atoms with van der Waals surface area (Å²) in [5.74, 6) is 1.07. The normalized spacial score (nSPS) is 17.1. The Kier molecular flexibility index (Phi) is 8.43. The molecule has 2 aromatic rings. The highest BCUT2D eigenvalue weighted by molar-refractivity contribution is 5.93. The molecular weight excluding hydrogens is 472 g/mol. The third kappa shape index (κ3) is 6.28. The number of carbonyl (C=O) groups is 2. The number of amides is 2. The SMILES string of the molecule is CCOc1ccccc1/C=C/C(=O)N1CCC2(CC1)CCN(C(=O)/C=C/c1cnc(OC)nc1OC)C2. The van der Waals surface area contributed by atoms with E-state index in [-0.39, 0.29) is 23.2 Å². The van der Waals surface area contributed by atoms with Crippen LogP contribution in [0.1, 0.15) is 37.3 Å². The quantitative estimate of drug-likeness (QED) is 0.506. The predicted octanol–water partition coefficient (Wildman–Crippen LogP) is 3.46. The molecular formula is C28H34N4O5. The van der Waals surface area contributed by atoms with Crippen LogP contribution in [0, 0.1) is 5.41 Å². The monoisotopic (exact) mass is 506 g/mol. The Hall–Kier alpha value is -3.88. The summed E-state index contributed by atoms with van der Waals surface area (Å²) in [6.45, 7) is 5.30. The number of carbonyl (C=O) groups excluding carboxylic acids is 2. The average molecular weight is 507 g/mol. The van der Waals surface area contributed by atoms with Gasteiger partial charge in [0, 0.05) is 50.1 Å². The Morgan fingerprint density at radius 2 is 1.59 bits per heavy atom. The number of piperidine rings is 1. The number of para-hydroxylation sites is 1. The smallest absolute Gasteiger partial charge is 0.319 e. The Labute approximate surface area is 217 Å². The summed E-state index contributed by atoms with van der Waals surface area (Å²) >= 11 is 0. The molecule has 0 radical (unpaired) electrons. The number of aromatic nitrogens is 2. The molecule has 0 N–H and O–H groups in total. The minimum atomic E-state index is -0.0517. The van der Waals surface area contributed by atoms with Gasteiger partial charge in [0.15, 0.2) is 0 Å². The maximum Gasteiger partial charge on any atom is 0.319 e. The molecule has 0 atom stereocenters. The lowest BCUT2D eigenvalue weighted by Crippen LogP contribution is -2.44. The van der Waals surface area contributed by atoms with E-state index in [1.54, 1.807) is 18.3 Å². The van der Waals surface area contributed by atoms with Gasteiger partial charge in [-0.15, -0.1) is 0 Å². The number of rotatable bonds is 8. The molecule has 37 heavy (non-hydrogen) atoms. The van der Waals surface area contributed by atoms with Crippen molar-refractivity contribution in [3.63, 3.8) is 0 Å². The molecule has 4 rings (SSSR count). The second-order valence-corrected chi connectivity index (χ2v) is 9.29. The Morgan fingerprint density at radius 1 is 0.946 bits per heavy atom. The Bertz CT molecular complexity index is 1170. The number of benzene rings is 1. The standard InChI is InChI=1S/C28H34N4O5/c1-4-37-23-8-6-5-7-21(23)9-11-24(33)31-16-13-28(14-17-31)15-18-32(20-28)25(34)12-10-22-19-29-27(36-3)30-26(22)35-2/h5-12,19H,4,13-18,20H2,1-3H3/b11-9+,12-10+. The van der Waals surface area contributed by atoms with Crippen molar-refractivity contribution < 1.29 is 23.8 Å². The molecule has 0 bridgehead atoms. The maximum absolute atomic E-state index is 12.9. The second kappa shape index (κ2) is 11.9. The lowest BCUT2D eigenvalue weighted by molar-refractivity contribution is -0.129. The molecule has 2 aliphatic heterocycles. The van der Waals surface area contributed by atoms with E-state index in [4.69, 9.17) is 14.2 Å². The number of hydrogen-bond donors (Lipinski definition) is 0. The van der Waals surface area contributed by atoms with Crippen molar-refractivity contribution in [1.29, 1.82) is 0 Å². The molecule has 2 aliphatic rings. The highest BCUT2D eigenvalue weighted by atomic mass is 16.5. The third-order valence-corrected chi connectivity index (χ3v) is 7.05. The fourth-order valence-electron chi connectivity index (χ4n) is 4.91. The van der Waals surface area contributed by atoms with Gasteiger partial charge in [0.1, 0.15) is 5.75 Å². The van der Waals surface area contributed by atoms with Crippen LogP contribution in [0.15, 0.2) is 42.6 Å². The van der Waals surface area contributed by atoms with Crippen LogP contribution in [0.5, 0.6) is 17.6 Å². The number of likely N-dealkylation sites (tertiary alicyclic amines) is 2. The molecule has 2 fully saturated rings. The first-order valence-corrected chi connectivity index (χ1v) is 12.6. The zero-order chi connectivity index (χ0) is 26.3. The molecule has 1 aromatic carbocycles. The topological polar surface area (TPSA) is 94.1 Å². The van der Waals surface area contributed by atoms with Crippen LogP contribution in [-0.4, -0.2) is 78.6 Å². The third-order valence-electron chi connectivity index (χ3n) is 7.05. The zero-order valence-corrected chi connectivity index (χ0v) is 21.7. The van der Waals surface area contributed by atoms with Crippen molar-refractivity contribution in [2.75, 3.05) is 47.0 Å². The number of ether oxygens (including phenoxy) is 3. The van der Waals surface area contributed by atoms with Crippen LogP contribution in [-0.2, 0) is 9.59 Å². The van der Waals surface area contributed by atoms with Gasteiger partial charge in [0.25, 0.3) is 0 Å². The predicted molar refractivity (Wildman–Crippen MR) is 140 cm³/mol. The molecule has 0 unspecified atom stereocenters. The van der Waals surface area contributed by atoms with Crippen LogP contribution >= 0.6 is 0 Å². The number of nitrogens with zero attached hydrogens (tertiary/aromatic N) is 4. The van der Waals surface area contributed by atoms with Crippen molar-refractivity contribution in [3.8, 4) is 17.6 Å².